The van der Waals surface area contributed by atoms with E-state index in [4.69, 9.17) is 4.74 Å². The van der Waals surface area contributed by atoms with Crippen LogP contribution in [0.25, 0.3) is 11.6 Å². The predicted octanol–water partition coefficient (Wildman–Crippen LogP) is 3.57. The predicted molar refractivity (Wildman–Crippen MR) is 107 cm³/mol. The molecule has 5 rings (SSSR count). The Morgan fingerprint density at radius 3 is 2.45 bits per heavy atom. The Balaban J connectivity index is 1.32. The largest absolute Gasteiger partial charge is 0.380 e. The second kappa shape index (κ2) is 7.48. The van der Waals surface area contributed by atoms with Gasteiger partial charge in [-0.2, -0.15) is 0 Å². The lowest BCUT2D eigenvalue weighted by molar-refractivity contribution is 0.121. The Morgan fingerprint density at radius 1 is 1.00 bits per heavy atom. The molecule has 3 aromatic rings. The average Bonchev–Trinajstić information content (AvgIpc) is 3.43. The highest BCUT2D eigenvalue weighted by atomic mass is 19.1. The minimum Gasteiger partial charge on any atom is -0.380 e. The van der Waals surface area contributed by atoms with Crippen LogP contribution in [0.15, 0.2) is 49.1 Å². The van der Waals surface area contributed by atoms with Crippen LogP contribution in [-0.2, 0) is 4.74 Å². The molecule has 1 aliphatic heterocycles. The van der Waals surface area contributed by atoms with Crippen molar-refractivity contribution in [1.82, 2.24) is 19.9 Å². The lowest BCUT2D eigenvalue weighted by atomic mass is 10.1. The molecule has 1 aliphatic carbocycles. The SMILES string of the molecule is CO[C@H]1CCN(c2cc(C3CC3c3cnc(-c4ncccn4)nc3)ccc2F)C1. The molecule has 1 aromatic carbocycles. The van der Waals surface area contributed by atoms with Gasteiger partial charge in [-0.1, -0.05) is 6.07 Å². The van der Waals surface area contributed by atoms with E-state index < -0.39 is 0 Å². The molecule has 2 fully saturated rings. The van der Waals surface area contributed by atoms with E-state index in [-0.39, 0.29) is 11.9 Å². The Hall–Kier alpha value is -2.93. The Morgan fingerprint density at radius 2 is 1.72 bits per heavy atom. The number of ether oxygens (including phenoxy) is 1. The standard InChI is InChI=1S/C22H22FN5O/c1-29-16-5-8-28(13-16)20-9-14(3-4-19(20)23)17-10-18(17)15-11-26-22(27-12-15)21-24-6-2-7-25-21/h2-4,6-7,9,11-12,16-18H,5,8,10,13H2,1H3/t16-,17?,18?/m0/s1. The zero-order valence-electron chi connectivity index (χ0n) is 16.2. The second-order valence-corrected chi connectivity index (χ2v) is 7.66. The van der Waals surface area contributed by atoms with Gasteiger partial charge >= 0.3 is 0 Å². The maximum absolute atomic E-state index is 14.4. The van der Waals surface area contributed by atoms with Crippen LogP contribution in [0, 0.1) is 5.82 Å². The van der Waals surface area contributed by atoms with Crippen LogP contribution < -0.4 is 4.90 Å². The number of anilines is 1. The summed E-state index contributed by atoms with van der Waals surface area (Å²) in [6, 6.07) is 7.26. The van der Waals surface area contributed by atoms with Crippen LogP contribution in [0.3, 0.4) is 0 Å². The number of nitrogens with zero attached hydrogens (tertiary/aromatic N) is 5. The van der Waals surface area contributed by atoms with Crippen LogP contribution in [0.4, 0.5) is 10.1 Å². The normalized spacial score (nSPS) is 23.4. The van der Waals surface area contributed by atoms with Gasteiger partial charge in [0.1, 0.15) is 5.82 Å². The summed E-state index contributed by atoms with van der Waals surface area (Å²) < 4.78 is 19.9. The minimum absolute atomic E-state index is 0.168. The summed E-state index contributed by atoms with van der Waals surface area (Å²) in [4.78, 5) is 19.3. The van der Waals surface area contributed by atoms with Crippen LogP contribution >= 0.6 is 0 Å². The highest BCUT2D eigenvalue weighted by Gasteiger charge is 2.40. The molecule has 0 bridgehead atoms. The first-order valence-electron chi connectivity index (χ1n) is 9.89. The van der Waals surface area contributed by atoms with E-state index in [1.54, 1.807) is 31.6 Å². The number of hydrogen-bond acceptors (Lipinski definition) is 6. The number of benzene rings is 1. The topological polar surface area (TPSA) is 64.0 Å². The maximum atomic E-state index is 14.4. The fraction of sp³-hybridized carbons (Fsp3) is 0.364. The van der Waals surface area contributed by atoms with Crippen molar-refractivity contribution in [1.29, 1.82) is 0 Å². The van der Waals surface area contributed by atoms with Crippen LogP contribution in [0.5, 0.6) is 0 Å². The highest BCUT2D eigenvalue weighted by molar-refractivity contribution is 5.53. The van der Waals surface area contributed by atoms with Crippen molar-refractivity contribution >= 4 is 5.69 Å². The van der Waals surface area contributed by atoms with Crippen molar-refractivity contribution in [2.24, 2.45) is 0 Å². The van der Waals surface area contributed by atoms with Crippen molar-refractivity contribution in [3.63, 3.8) is 0 Å². The Kier molecular flexibility index (Phi) is 4.67. The molecule has 2 aromatic heterocycles. The van der Waals surface area contributed by atoms with Gasteiger partial charge in [-0.25, -0.2) is 24.3 Å². The molecule has 3 atom stereocenters. The molecule has 3 heterocycles. The first kappa shape index (κ1) is 18.1. The molecule has 1 saturated heterocycles. The van der Waals surface area contributed by atoms with Gasteiger partial charge in [0.2, 0.25) is 0 Å². The molecule has 1 saturated carbocycles. The molecular weight excluding hydrogens is 369 g/mol. The summed E-state index contributed by atoms with van der Waals surface area (Å²) in [6.07, 6.45) is 9.21. The van der Waals surface area contributed by atoms with Crippen molar-refractivity contribution in [2.45, 2.75) is 30.8 Å². The molecule has 2 unspecified atom stereocenters. The van der Waals surface area contributed by atoms with E-state index in [1.807, 2.05) is 24.5 Å². The third-order valence-electron chi connectivity index (χ3n) is 5.87. The van der Waals surface area contributed by atoms with Gasteiger partial charge < -0.3 is 9.64 Å². The molecule has 0 N–H and O–H groups in total. The molecule has 29 heavy (non-hydrogen) atoms. The zero-order chi connectivity index (χ0) is 19.8. The fourth-order valence-corrected chi connectivity index (χ4v) is 4.13. The smallest absolute Gasteiger partial charge is 0.197 e. The molecule has 7 heteroatoms. The minimum atomic E-state index is -0.168. The third-order valence-corrected chi connectivity index (χ3v) is 5.87. The van der Waals surface area contributed by atoms with Crippen molar-refractivity contribution < 1.29 is 9.13 Å². The van der Waals surface area contributed by atoms with Gasteiger partial charge in [-0.05, 0) is 54.0 Å². The summed E-state index contributed by atoms with van der Waals surface area (Å²) in [5.41, 5.74) is 2.95. The van der Waals surface area contributed by atoms with Gasteiger partial charge in [-0.15, -0.1) is 0 Å². The molecule has 6 nitrogen and oxygen atoms in total. The molecule has 0 amide bonds. The average molecular weight is 391 g/mol. The quantitative estimate of drug-likeness (QED) is 0.663. The summed E-state index contributed by atoms with van der Waals surface area (Å²) in [7, 11) is 1.72. The number of rotatable bonds is 5. The van der Waals surface area contributed by atoms with E-state index >= 15 is 0 Å². The molecule has 0 spiro atoms. The fourth-order valence-electron chi connectivity index (χ4n) is 4.13. The van der Waals surface area contributed by atoms with Gasteiger partial charge in [-0.3, -0.25) is 0 Å². The summed E-state index contributed by atoms with van der Waals surface area (Å²) >= 11 is 0. The van der Waals surface area contributed by atoms with Crippen molar-refractivity contribution in [3.8, 4) is 11.6 Å². The molecule has 148 valence electrons. The summed E-state index contributed by atoms with van der Waals surface area (Å²) in [5.74, 6) is 1.62. The molecule has 0 radical (unpaired) electrons. The first-order valence-corrected chi connectivity index (χ1v) is 9.89. The maximum Gasteiger partial charge on any atom is 0.197 e. The molecular formula is C22H22FN5O. The summed E-state index contributed by atoms with van der Waals surface area (Å²) in [6.45, 7) is 1.56. The highest BCUT2D eigenvalue weighted by Crippen LogP contribution is 2.55. The number of halogens is 1. The van der Waals surface area contributed by atoms with E-state index in [0.29, 0.717) is 29.2 Å². The first-order chi connectivity index (χ1) is 14.2. The Bertz CT molecular complexity index is 998. The van der Waals surface area contributed by atoms with Gasteiger partial charge in [0, 0.05) is 45.0 Å². The van der Waals surface area contributed by atoms with Gasteiger partial charge in [0.25, 0.3) is 0 Å². The van der Waals surface area contributed by atoms with Gasteiger partial charge in [0.15, 0.2) is 11.6 Å². The monoisotopic (exact) mass is 391 g/mol. The molecule has 2 aliphatic rings. The zero-order valence-corrected chi connectivity index (χ0v) is 16.2. The van der Waals surface area contributed by atoms with E-state index in [1.165, 1.54) is 5.56 Å². The van der Waals surface area contributed by atoms with E-state index in [0.717, 1.165) is 31.5 Å². The van der Waals surface area contributed by atoms with E-state index in [2.05, 4.69) is 24.8 Å². The van der Waals surface area contributed by atoms with Gasteiger partial charge in [0.05, 0.1) is 11.8 Å². The number of hydrogen-bond donors (Lipinski definition) is 0. The lowest BCUT2D eigenvalue weighted by Gasteiger charge is -2.20. The Labute approximate surface area is 168 Å². The lowest BCUT2D eigenvalue weighted by Crippen LogP contribution is -2.23. The van der Waals surface area contributed by atoms with Crippen LogP contribution in [-0.4, -0.2) is 46.2 Å². The number of aromatic nitrogens is 4. The van der Waals surface area contributed by atoms with Crippen LogP contribution in [0.1, 0.15) is 35.8 Å². The number of methoxy groups -OCH3 is 1. The third kappa shape index (κ3) is 3.58. The van der Waals surface area contributed by atoms with Crippen LogP contribution in [0.2, 0.25) is 0 Å². The van der Waals surface area contributed by atoms with Crippen molar-refractivity contribution in [2.75, 3.05) is 25.1 Å². The second-order valence-electron chi connectivity index (χ2n) is 7.66. The van der Waals surface area contributed by atoms with Crippen molar-refractivity contribution in [3.05, 3.63) is 66.0 Å². The van der Waals surface area contributed by atoms with E-state index in [9.17, 15) is 4.39 Å². The summed E-state index contributed by atoms with van der Waals surface area (Å²) in [5, 5.41) is 0.